The number of amides is 1. The Morgan fingerprint density at radius 3 is 2.35 bits per heavy atom. The third kappa shape index (κ3) is 2.22. The second kappa shape index (κ2) is 5.99. The van der Waals surface area contributed by atoms with E-state index in [1.165, 1.54) is 22.3 Å². The van der Waals surface area contributed by atoms with Gasteiger partial charge in [-0.1, -0.05) is 60.7 Å². The smallest absolute Gasteiger partial charge is 0.410 e. The van der Waals surface area contributed by atoms with Gasteiger partial charge in [-0.15, -0.1) is 0 Å². The number of fused-ring (bicyclic) bond motifs is 5. The summed E-state index contributed by atoms with van der Waals surface area (Å²) in [4.78, 5) is 14.5. The van der Waals surface area contributed by atoms with E-state index in [4.69, 9.17) is 4.74 Å². The Bertz CT molecular complexity index is 845. The van der Waals surface area contributed by atoms with Crippen molar-refractivity contribution in [2.24, 2.45) is 5.92 Å². The van der Waals surface area contributed by atoms with Gasteiger partial charge >= 0.3 is 6.09 Å². The average molecular weight is 347 g/mol. The van der Waals surface area contributed by atoms with Crippen LogP contribution in [0.25, 0.3) is 11.1 Å². The van der Waals surface area contributed by atoms with Gasteiger partial charge in [0.25, 0.3) is 0 Å². The molecule has 1 heterocycles. The van der Waals surface area contributed by atoms with Gasteiger partial charge < -0.3 is 9.84 Å². The lowest BCUT2D eigenvalue weighted by atomic mass is 9.98. The van der Waals surface area contributed by atoms with Crippen LogP contribution in [0.5, 0.6) is 0 Å². The lowest BCUT2D eigenvalue weighted by Gasteiger charge is -2.31. The molecule has 2 aliphatic carbocycles. The van der Waals surface area contributed by atoms with Crippen LogP contribution in [0.4, 0.5) is 4.79 Å². The standard InChI is InChI=1S/C22H21NO3/c24-12-21-14-9-10-15(11-14)23(21)22(25)26-13-20-18-7-3-1-5-16(18)17-6-2-4-8-19(17)20/h1-10,14-15,20-21,24H,11-13H2. The minimum Gasteiger partial charge on any atom is -0.448 e. The molecule has 1 fully saturated rings. The number of carbonyl (C=O) groups is 1. The predicted molar refractivity (Wildman–Crippen MR) is 98.8 cm³/mol. The van der Waals surface area contributed by atoms with Crippen LogP contribution in [0.2, 0.25) is 0 Å². The number of ether oxygens (including phenoxy) is 1. The summed E-state index contributed by atoms with van der Waals surface area (Å²) in [7, 11) is 0. The molecule has 4 nitrogen and oxygen atoms in total. The zero-order valence-electron chi connectivity index (χ0n) is 14.4. The third-order valence-electron chi connectivity index (χ3n) is 6.04. The van der Waals surface area contributed by atoms with Gasteiger partial charge in [0.2, 0.25) is 0 Å². The summed E-state index contributed by atoms with van der Waals surface area (Å²) < 4.78 is 5.75. The van der Waals surface area contributed by atoms with E-state index in [1.807, 2.05) is 24.3 Å². The van der Waals surface area contributed by atoms with Gasteiger partial charge in [0.05, 0.1) is 18.7 Å². The second-order valence-electron chi connectivity index (χ2n) is 7.31. The zero-order valence-corrected chi connectivity index (χ0v) is 14.4. The molecule has 0 aromatic heterocycles. The molecule has 0 spiro atoms. The SMILES string of the molecule is O=C(OCC1c2ccccc2-c2ccccc21)N1C2C=CC(C2)C1CO. The van der Waals surface area contributed by atoms with Crippen molar-refractivity contribution in [1.82, 2.24) is 4.90 Å². The van der Waals surface area contributed by atoms with Gasteiger partial charge in [-0.05, 0) is 28.7 Å². The molecule has 0 radical (unpaired) electrons. The van der Waals surface area contributed by atoms with Crippen molar-refractivity contribution in [1.29, 1.82) is 0 Å². The number of carbonyl (C=O) groups excluding carboxylic acids is 1. The predicted octanol–water partition coefficient (Wildman–Crippen LogP) is 3.56. The van der Waals surface area contributed by atoms with Crippen molar-refractivity contribution < 1.29 is 14.6 Å². The van der Waals surface area contributed by atoms with Gasteiger partial charge in [0.1, 0.15) is 6.61 Å². The molecular weight excluding hydrogens is 326 g/mol. The maximum atomic E-state index is 12.7. The molecule has 132 valence electrons. The van der Waals surface area contributed by atoms with Crippen molar-refractivity contribution >= 4 is 6.09 Å². The van der Waals surface area contributed by atoms with Crippen LogP contribution in [0.3, 0.4) is 0 Å². The maximum absolute atomic E-state index is 12.7. The zero-order chi connectivity index (χ0) is 17.7. The summed E-state index contributed by atoms with van der Waals surface area (Å²) in [5.41, 5.74) is 4.87. The molecule has 3 unspecified atom stereocenters. The summed E-state index contributed by atoms with van der Waals surface area (Å²) in [5.74, 6) is 0.319. The third-order valence-corrected chi connectivity index (χ3v) is 6.04. The quantitative estimate of drug-likeness (QED) is 0.864. The highest BCUT2D eigenvalue weighted by molar-refractivity contribution is 5.79. The number of aliphatic hydroxyl groups is 1. The Kier molecular flexibility index (Phi) is 3.61. The molecule has 0 saturated carbocycles. The van der Waals surface area contributed by atoms with Crippen LogP contribution in [-0.2, 0) is 4.74 Å². The first kappa shape index (κ1) is 15.6. The summed E-state index contributed by atoms with van der Waals surface area (Å²) in [6, 6.07) is 16.6. The summed E-state index contributed by atoms with van der Waals surface area (Å²) >= 11 is 0. The highest BCUT2D eigenvalue weighted by atomic mass is 16.6. The van der Waals surface area contributed by atoms with Crippen molar-refractivity contribution in [3.05, 3.63) is 71.8 Å². The first-order valence-corrected chi connectivity index (χ1v) is 9.20. The van der Waals surface area contributed by atoms with Gasteiger partial charge in [-0.25, -0.2) is 4.79 Å². The van der Waals surface area contributed by atoms with E-state index in [1.54, 1.807) is 4.90 Å². The van der Waals surface area contributed by atoms with E-state index in [-0.39, 0.29) is 36.6 Å². The number of nitrogens with zero attached hydrogens (tertiary/aromatic N) is 1. The van der Waals surface area contributed by atoms with Crippen LogP contribution in [0.15, 0.2) is 60.7 Å². The number of aliphatic hydroxyl groups excluding tert-OH is 1. The topological polar surface area (TPSA) is 49.8 Å². The number of rotatable bonds is 3. The van der Waals surface area contributed by atoms with E-state index in [0.29, 0.717) is 6.61 Å². The Labute approximate surface area is 152 Å². The minimum absolute atomic E-state index is 0.0182. The van der Waals surface area contributed by atoms with Crippen molar-refractivity contribution in [3.8, 4) is 11.1 Å². The first-order chi connectivity index (χ1) is 12.8. The first-order valence-electron chi connectivity index (χ1n) is 9.20. The summed E-state index contributed by atoms with van der Waals surface area (Å²) in [6.07, 6.45) is 4.75. The second-order valence-corrected chi connectivity index (χ2v) is 7.31. The van der Waals surface area contributed by atoms with Crippen LogP contribution in [-0.4, -0.2) is 41.4 Å². The Morgan fingerprint density at radius 2 is 1.69 bits per heavy atom. The monoisotopic (exact) mass is 347 g/mol. The van der Waals surface area contributed by atoms with E-state index < -0.39 is 0 Å². The lowest BCUT2D eigenvalue weighted by Crippen LogP contribution is -2.45. The molecule has 5 rings (SSSR count). The number of benzene rings is 2. The molecule has 3 atom stereocenters. The molecule has 2 aromatic carbocycles. The molecule has 1 amide bonds. The van der Waals surface area contributed by atoms with Gasteiger partial charge in [-0.2, -0.15) is 0 Å². The summed E-state index contributed by atoms with van der Waals surface area (Å²) in [5, 5.41) is 9.66. The average Bonchev–Trinajstić information content (AvgIpc) is 3.37. The molecule has 3 aliphatic rings. The number of likely N-dealkylation sites (tertiary alicyclic amines) is 1. The van der Waals surface area contributed by atoms with E-state index >= 15 is 0 Å². The molecule has 1 saturated heterocycles. The van der Waals surface area contributed by atoms with Crippen molar-refractivity contribution in [2.75, 3.05) is 13.2 Å². The number of hydrogen-bond donors (Lipinski definition) is 1. The maximum Gasteiger partial charge on any atom is 0.410 e. The molecule has 26 heavy (non-hydrogen) atoms. The Morgan fingerprint density at radius 1 is 1.04 bits per heavy atom. The van der Waals surface area contributed by atoms with Gasteiger partial charge in [0.15, 0.2) is 0 Å². The van der Waals surface area contributed by atoms with Crippen molar-refractivity contribution in [3.63, 3.8) is 0 Å². The number of hydrogen-bond acceptors (Lipinski definition) is 3. The molecule has 4 heteroatoms. The largest absolute Gasteiger partial charge is 0.448 e. The highest BCUT2D eigenvalue weighted by Gasteiger charge is 2.45. The Balaban J connectivity index is 1.37. The Hall–Kier alpha value is -2.59. The van der Waals surface area contributed by atoms with E-state index in [2.05, 4.69) is 36.4 Å². The molecular formula is C22H21NO3. The van der Waals surface area contributed by atoms with E-state index in [9.17, 15) is 9.90 Å². The van der Waals surface area contributed by atoms with E-state index in [0.717, 1.165) is 6.42 Å². The summed E-state index contributed by atoms with van der Waals surface area (Å²) in [6.45, 7) is 0.304. The molecule has 1 aliphatic heterocycles. The van der Waals surface area contributed by atoms with Gasteiger partial charge in [0, 0.05) is 11.8 Å². The van der Waals surface area contributed by atoms with Crippen LogP contribution in [0.1, 0.15) is 23.5 Å². The lowest BCUT2D eigenvalue weighted by molar-refractivity contribution is 0.0681. The molecule has 1 N–H and O–H groups in total. The fraction of sp³-hybridized carbons (Fsp3) is 0.318. The van der Waals surface area contributed by atoms with Crippen LogP contribution in [0, 0.1) is 5.92 Å². The minimum atomic E-state index is -0.317. The molecule has 2 bridgehead atoms. The van der Waals surface area contributed by atoms with Gasteiger partial charge in [-0.3, -0.25) is 4.90 Å². The normalized spacial score (nSPS) is 25.4. The van der Waals surface area contributed by atoms with Crippen LogP contribution >= 0.6 is 0 Å². The van der Waals surface area contributed by atoms with Crippen LogP contribution < -0.4 is 0 Å². The fourth-order valence-electron chi connectivity index (χ4n) is 4.81. The van der Waals surface area contributed by atoms with Crippen molar-refractivity contribution in [2.45, 2.75) is 24.4 Å². The highest BCUT2D eigenvalue weighted by Crippen LogP contribution is 2.45. The fourth-order valence-corrected chi connectivity index (χ4v) is 4.81. The molecule has 2 aromatic rings.